The van der Waals surface area contributed by atoms with Crippen LogP contribution in [-0.4, -0.2) is 17.2 Å². The molecule has 70 valence electrons. The molecule has 0 fully saturated rings. The summed E-state index contributed by atoms with van der Waals surface area (Å²) in [6.45, 7) is 0. The van der Waals surface area contributed by atoms with E-state index in [1.165, 1.54) is 12.2 Å². The number of hydrogen-bond acceptors (Lipinski definition) is 3. The van der Waals surface area contributed by atoms with Gasteiger partial charge in [-0.15, -0.1) is 0 Å². The molecule has 1 rings (SSSR count). The predicted octanol–water partition coefficient (Wildman–Crippen LogP) is 1.75. The molecular formula is C10H7NO3. The first-order chi connectivity index (χ1) is 6.74. The van der Waals surface area contributed by atoms with E-state index in [2.05, 4.69) is 4.99 Å². The molecule has 0 radical (unpaired) electrons. The minimum atomic E-state index is -1.05. The van der Waals surface area contributed by atoms with Gasteiger partial charge in [-0.25, -0.2) is 9.59 Å². The van der Waals surface area contributed by atoms with E-state index in [4.69, 9.17) is 5.11 Å². The highest BCUT2D eigenvalue weighted by Gasteiger charge is 1.96. The van der Waals surface area contributed by atoms with Crippen molar-refractivity contribution < 1.29 is 14.7 Å². The lowest BCUT2D eigenvalue weighted by atomic mass is 10.1. The Balaban J connectivity index is 3.07. The summed E-state index contributed by atoms with van der Waals surface area (Å²) in [4.78, 5) is 23.7. The largest absolute Gasteiger partial charge is 0.478 e. The molecule has 0 aliphatic heterocycles. The van der Waals surface area contributed by atoms with Gasteiger partial charge >= 0.3 is 5.97 Å². The van der Waals surface area contributed by atoms with Crippen molar-refractivity contribution in [2.75, 3.05) is 0 Å². The standard InChI is InChI=1S/C10H7NO3/c12-7-11-9-4-2-1-3-8(9)5-6-10(13)14/h1-6H,(H,13,14). The Hall–Kier alpha value is -2.19. The number of carboxylic acid groups (broad SMARTS) is 1. The van der Waals surface area contributed by atoms with E-state index < -0.39 is 5.97 Å². The molecule has 0 unspecified atom stereocenters. The van der Waals surface area contributed by atoms with Crippen molar-refractivity contribution in [3.63, 3.8) is 0 Å². The smallest absolute Gasteiger partial charge is 0.328 e. The first-order valence-corrected chi connectivity index (χ1v) is 3.82. The molecule has 1 aromatic carbocycles. The number of rotatable bonds is 3. The number of aliphatic carboxylic acids is 1. The first-order valence-electron chi connectivity index (χ1n) is 3.82. The van der Waals surface area contributed by atoms with Crippen LogP contribution in [0, 0.1) is 0 Å². The minimum absolute atomic E-state index is 0.403. The van der Waals surface area contributed by atoms with Gasteiger partial charge in [-0.05, 0) is 12.1 Å². The van der Waals surface area contributed by atoms with Crippen molar-refractivity contribution in [2.45, 2.75) is 0 Å². The third-order valence-corrected chi connectivity index (χ3v) is 1.51. The van der Waals surface area contributed by atoms with E-state index in [1.54, 1.807) is 24.3 Å². The fourth-order valence-corrected chi connectivity index (χ4v) is 0.941. The van der Waals surface area contributed by atoms with Crippen molar-refractivity contribution in [1.82, 2.24) is 0 Å². The average Bonchev–Trinajstić information content (AvgIpc) is 2.17. The topological polar surface area (TPSA) is 66.7 Å². The van der Waals surface area contributed by atoms with Gasteiger partial charge in [-0.1, -0.05) is 18.2 Å². The maximum Gasteiger partial charge on any atom is 0.328 e. The monoisotopic (exact) mass is 189 g/mol. The summed E-state index contributed by atoms with van der Waals surface area (Å²) >= 11 is 0. The minimum Gasteiger partial charge on any atom is -0.478 e. The molecule has 0 bridgehead atoms. The van der Waals surface area contributed by atoms with E-state index in [0.29, 0.717) is 11.3 Å². The summed E-state index contributed by atoms with van der Waals surface area (Å²) in [6.07, 6.45) is 3.76. The van der Waals surface area contributed by atoms with Crippen LogP contribution < -0.4 is 0 Å². The van der Waals surface area contributed by atoms with Crippen molar-refractivity contribution in [1.29, 1.82) is 0 Å². The van der Waals surface area contributed by atoms with Crippen LogP contribution in [-0.2, 0) is 9.59 Å². The van der Waals surface area contributed by atoms with Crippen LogP contribution in [0.5, 0.6) is 0 Å². The summed E-state index contributed by atoms with van der Waals surface area (Å²) in [5.41, 5.74) is 0.971. The van der Waals surface area contributed by atoms with Crippen LogP contribution >= 0.6 is 0 Å². The van der Waals surface area contributed by atoms with Crippen molar-refractivity contribution >= 4 is 23.8 Å². The summed E-state index contributed by atoms with van der Waals surface area (Å²) in [5, 5.41) is 8.40. The summed E-state index contributed by atoms with van der Waals surface area (Å²) in [7, 11) is 0. The summed E-state index contributed by atoms with van der Waals surface area (Å²) in [6, 6.07) is 6.70. The molecule has 0 atom stereocenters. The molecule has 0 aliphatic carbocycles. The van der Waals surface area contributed by atoms with Crippen LogP contribution in [0.2, 0.25) is 0 Å². The molecule has 4 nitrogen and oxygen atoms in total. The van der Waals surface area contributed by atoms with Crippen molar-refractivity contribution in [3.8, 4) is 0 Å². The van der Waals surface area contributed by atoms with Crippen LogP contribution in [0.25, 0.3) is 6.08 Å². The highest BCUT2D eigenvalue weighted by Crippen LogP contribution is 2.18. The van der Waals surface area contributed by atoms with Gasteiger partial charge in [0.05, 0.1) is 5.69 Å². The highest BCUT2D eigenvalue weighted by atomic mass is 16.4. The molecule has 14 heavy (non-hydrogen) atoms. The van der Waals surface area contributed by atoms with E-state index in [-0.39, 0.29) is 0 Å². The fraction of sp³-hybridized carbons (Fsp3) is 0. The normalized spacial score (nSPS) is 9.71. The number of para-hydroxylation sites is 1. The van der Waals surface area contributed by atoms with E-state index >= 15 is 0 Å². The van der Waals surface area contributed by atoms with Gasteiger partial charge in [0.1, 0.15) is 0 Å². The Morgan fingerprint density at radius 2 is 2.14 bits per heavy atom. The number of carbonyl (C=O) groups excluding carboxylic acids is 1. The number of nitrogens with zero attached hydrogens (tertiary/aromatic N) is 1. The molecule has 0 heterocycles. The van der Waals surface area contributed by atoms with Gasteiger partial charge in [0.25, 0.3) is 0 Å². The number of hydrogen-bond donors (Lipinski definition) is 1. The molecule has 4 heteroatoms. The van der Waals surface area contributed by atoms with Gasteiger partial charge in [0.2, 0.25) is 6.08 Å². The Morgan fingerprint density at radius 3 is 2.79 bits per heavy atom. The zero-order valence-electron chi connectivity index (χ0n) is 7.18. The second-order valence-electron chi connectivity index (χ2n) is 2.43. The highest BCUT2D eigenvalue weighted by molar-refractivity contribution is 5.86. The molecule has 0 aromatic heterocycles. The Morgan fingerprint density at radius 1 is 1.43 bits per heavy atom. The maximum atomic E-state index is 10.2. The lowest BCUT2D eigenvalue weighted by Crippen LogP contribution is -1.85. The Bertz CT molecular complexity index is 417. The van der Waals surface area contributed by atoms with Gasteiger partial charge in [0.15, 0.2) is 0 Å². The van der Waals surface area contributed by atoms with Crippen LogP contribution in [0.4, 0.5) is 5.69 Å². The number of benzene rings is 1. The lowest BCUT2D eigenvalue weighted by Gasteiger charge is -1.95. The number of carbonyl (C=O) groups is 1. The molecule has 0 spiro atoms. The zero-order chi connectivity index (χ0) is 10.4. The number of isocyanates is 1. The fourth-order valence-electron chi connectivity index (χ4n) is 0.941. The van der Waals surface area contributed by atoms with E-state index in [0.717, 1.165) is 6.08 Å². The first kappa shape index (κ1) is 9.89. The number of aliphatic imine (C=N–C) groups is 1. The van der Waals surface area contributed by atoms with Crippen LogP contribution in [0.1, 0.15) is 5.56 Å². The molecule has 0 amide bonds. The SMILES string of the molecule is O=C=Nc1ccccc1C=CC(=O)O. The maximum absolute atomic E-state index is 10.2. The average molecular weight is 189 g/mol. The van der Waals surface area contributed by atoms with Gasteiger partial charge in [-0.3, -0.25) is 0 Å². The third kappa shape index (κ3) is 2.69. The molecule has 1 N–H and O–H groups in total. The quantitative estimate of drug-likeness (QED) is 0.447. The van der Waals surface area contributed by atoms with Gasteiger partial charge < -0.3 is 5.11 Å². The zero-order valence-corrected chi connectivity index (χ0v) is 7.18. The Kier molecular flexibility index (Phi) is 3.35. The second-order valence-corrected chi connectivity index (χ2v) is 2.43. The van der Waals surface area contributed by atoms with Crippen molar-refractivity contribution in [2.24, 2.45) is 4.99 Å². The van der Waals surface area contributed by atoms with E-state index in [1.807, 2.05) is 0 Å². The van der Waals surface area contributed by atoms with Gasteiger partial charge in [0, 0.05) is 11.6 Å². The third-order valence-electron chi connectivity index (χ3n) is 1.51. The van der Waals surface area contributed by atoms with Crippen molar-refractivity contribution in [3.05, 3.63) is 35.9 Å². The molecule has 0 aliphatic rings. The molecule has 0 saturated carbocycles. The summed E-state index contributed by atoms with van der Waals surface area (Å²) in [5.74, 6) is -1.05. The van der Waals surface area contributed by atoms with E-state index in [9.17, 15) is 9.59 Å². The lowest BCUT2D eigenvalue weighted by molar-refractivity contribution is -0.131. The predicted molar refractivity (Wildman–Crippen MR) is 50.9 cm³/mol. The van der Waals surface area contributed by atoms with Crippen LogP contribution in [0.15, 0.2) is 35.3 Å². The Labute approximate surface area is 80.2 Å². The molecular weight excluding hydrogens is 182 g/mol. The number of carboxylic acids is 1. The van der Waals surface area contributed by atoms with Crippen LogP contribution in [0.3, 0.4) is 0 Å². The summed E-state index contributed by atoms with van der Waals surface area (Å²) < 4.78 is 0. The van der Waals surface area contributed by atoms with Gasteiger partial charge in [-0.2, -0.15) is 4.99 Å². The molecule has 0 saturated heterocycles. The second kappa shape index (κ2) is 4.74. The molecule has 1 aromatic rings.